The maximum absolute atomic E-state index is 10.7. The molecule has 31 heavy (non-hydrogen) atoms. The first-order chi connectivity index (χ1) is 14.7. The van der Waals surface area contributed by atoms with Crippen LogP contribution in [0.4, 0.5) is 0 Å². The fraction of sp³-hybridized carbons (Fsp3) is 0.250. The number of aromatic hydroxyl groups is 1. The summed E-state index contributed by atoms with van der Waals surface area (Å²) in [5.41, 5.74) is 4.47. The highest BCUT2D eigenvalue weighted by Crippen LogP contribution is 2.26. The highest BCUT2D eigenvalue weighted by atomic mass is 32.3. The van der Waals surface area contributed by atoms with Crippen molar-refractivity contribution < 1.29 is 22.3 Å². The van der Waals surface area contributed by atoms with Crippen molar-refractivity contribution in [1.82, 2.24) is 0 Å². The Hall–Kier alpha value is -2.32. The lowest BCUT2D eigenvalue weighted by Crippen LogP contribution is -2.08. The van der Waals surface area contributed by atoms with Crippen molar-refractivity contribution in [1.29, 1.82) is 0 Å². The molecule has 0 spiro atoms. The molecule has 0 fully saturated rings. The monoisotopic (exact) mass is 459 g/mol. The maximum Gasteiger partial charge on any atom is 0.397 e. The van der Waals surface area contributed by atoms with Crippen LogP contribution in [0.15, 0.2) is 77.7 Å². The van der Waals surface area contributed by atoms with Gasteiger partial charge in [-0.15, -0.1) is 0 Å². The van der Waals surface area contributed by atoms with Crippen molar-refractivity contribution in [2.45, 2.75) is 36.5 Å². The smallest absolute Gasteiger partial charge is 0.397 e. The molecule has 5 nitrogen and oxygen atoms in total. The van der Waals surface area contributed by atoms with E-state index in [2.05, 4.69) is 41.6 Å². The first kappa shape index (κ1) is 23.3. The van der Waals surface area contributed by atoms with Gasteiger partial charge in [-0.05, 0) is 53.3 Å². The van der Waals surface area contributed by atoms with Gasteiger partial charge in [0, 0.05) is 16.5 Å². The number of hydrogen-bond acceptors (Lipinski definition) is 4. The van der Waals surface area contributed by atoms with Gasteiger partial charge in [0.2, 0.25) is 0 Å². The Morgan fingerprint density at radius 2 is 1.55 bits per heavy atom. The van der Waals surface area contributed by atoms with Crippen LogP contribution in [0.1, 0.15) is 35.1 Å². The highest BCUT2D eigenvalue weighted by Gasteiger charge is 2.19. The molecular formula is C24H27O5S2+. The summed E-state index contributed by atoms with van der Waals surface area (Å²) in [6.45, 7) is 1.98. The molecule has 0 aliphatic carbocycles. The minimum absolute atomic E-state index is 0.0303. The fourth-order valence-electron chi connectivity index (χ4n) is 3.43. The highest BCUT2D eigenvalue weighted by molar-refractivity contribution is 7.95. The zero-order chi connectivity index (χ0) is 22.4. The molecule has 7 heteroatoms. The molecule has 0 heterocycles. The molecule has 0 saturated heterocycles. The maximum atomic E-state index is 10.7. The van der Waals surface area contributed by atoms with Crippen molar-refractivity contribution in [3.05, 3.63) is 95.1 Å². The molecule has 0 aliphatic rings. The van der Waals surface area contributed by atoms with Crippen LogP contribution in [0, 0.1) is 0 Å². The third-order valence-corrected chi connectivity index (χ3v) is 7.42. The molecule has 3 aromatic rings. The molecule has 0 radical (unpaired) electrons. The lowest BCUT2D eigenvalue weighted by Gasteiger charge is -2.15. The molecule has 3 aromatic carbocycles. The quantitative estimate of drug-likeness (QED) is 0.352. The lowest BCUT2D eigenvalue weighted by molar-refractivity contribution is 0.259. The van der Waals surface area contributed by atoms with Crippen LogP contribution in [0.5, 0.6) is 5.75 Å². The predicted octanol–water partition coefficient (Wildman–Crippen LogP) is 4.87. The number of rotatable bonds is 9. The Morgan fingerprint density at radius 1 is 0.935 bits per heavy atom. The molecule has 3 rings (SSSR count). The van der Waals surface area contributed by atoms with E-state index in [1.54, 1.807) is 12.1 Å². The van der Waals surface area contributed by atoms with Crippen LogP contribution >= 0.6 is 0 Å². The first-order valence-electron chi connectivity index (χ1n) is 9.90. The van der Waals surface area contributed by atoms with E-state index in [0.29, 0.717) is 5.56 Å². The average molecular weight is 460 g/mol. The number of phenols is 1. The van der Waals surface area contributed by atoms with Gasteiger partial charge in [-0.2, -0.15) is 8.42 Å². The molecule has 0 aromatic heterocycles. The predicted molar refractivity (Wildman–Crippen MR) is 125 cm³/mol. The van der Waals surface area contributed by atoms with Crippen molar-refractivity contribution >= 4 is 21.3 Å². The zero-order valence-corrected chi connectivity index (χ0v) is 19.2. The second-order valence-corrected chi connectivity index (χ2v) is 10.7. The van der Waals surface area contributed by atoms with Gasteiger partial charge in [-0.25, -0.2) is 4.18 Å². The Labute approximate surface area is 187 Å². The SMILES string of the molecule is CC(Cc1ccccc1C[S+](C)c1ccc(O)cc1)c1ccc(COS(=O)(=O)O)cc1. The normalized spacial score (nSPS) is 13.6. The summed E-state index contributed by atoms with van der Waals surface area (Å²) in [7, 11) is -4.41. The van der Waals surface area contributed by atoms with E-state index in [-0.39, 0.29) is 29.2 Å². The first-order valence-corrected chi connectivity index (χ1v) is 13.1. The summed E-state index contributed by atoms with van der Waals surface area (Å²) in [4.78, 5) is 1.23. The Kier molecular flexibility index (Phi) is 7.78. The minimum Gasteiger partial charge on any atom is -0.508 e. The van der Waals surface area contributed by atoms with E-state index >= 15 is 0 Å². The summed E-state index contributed by atoms with van der Waals surface area (Å²) in [6, 6.07) is 23.5. The van der Waals surface area contributed by atoms with Gasteiger partial charge in [0.1, 0.15) is 17.8 Å². The fourth-order valence-corrected chi connectivity index (χ4v) is 5.23. The van der Waals surface area contributed by atoms with Crippen LogP contribution in [-0.2, 0) is 44.3 Å². The molecule has 2 unspecified atom stereocenters. The number of benzene rings is 3. The standard InChI is InChI=1S/C24H26O5S2/c1-18(20-9-7-19(8-10-20)16-29-31(26,27)28)15-21-5-3-4-6-22(21)17-30(2)24-13-11-23(25)12-14-24/h3-14,18H,15-17H2,1-2H3,(H-,25,26,27,28)/p+1. The van der Waals surface area contributed by atoms with Gasteiger partial charge in [0.15, 0.2) is 4.90 Å². The van der Waals surface area contributed by atoms with Gasteiger partial charge in [-0.1, -0.05) is 55.5 Å². The third-order valence-electron chi connectivity index (χ3n) is 5.18. The van der Waals surface area contributed by atoms with Crippen LogP contribution in [0.3, 0.4) is 0 Å². The van der Waals surface area contributed by atoms with Crippen molar-refractivity contribution in [2.75, 3.05) is 6.26 Å². The molecule has 164 valence electrons. The van der Waals surface area contributed by atoms with E-state index in [0.717, 1.165) is 17.7 Å². The summed E-state index contributed by atoms with van der Waals surface area (Å²) < 4.78 is 34.6. The number of hydrogen-bond donors (Lipinski definition) is 2. The van der Waals surface area contributed by atoms with Gasteiger partial charge < -0.3 is 5.11 Å². The third kappa shape index (κ3) is 7.11. The molecule has 2 N–H and O–H groups in total. The van der Waals surface area contributed by atoms with Gasteiger partial charge in [0.05, 0.1) is 6.61 Å². The van der Waals surface area contributed by atoms with E-state index in [4.69, 9.17) is 4.55 Å². The Bertz CT molecular complexity index is 1090. The Balaban J connectivity index is 1.67. The van der Waals surface area contributed by atoms with Crippen molar-refractivity contribution in [3.63, 3.8) is 0 Å². The lowest BCUT2D eigenvalue weighted by atomic mass is 9.91. The topological polar surface area (TPSA) is 83.8 Å². The van der Waals surface area contributed by atoms with E-state index in [1.165, 1.54) is 16.0 Å². The van der Waals surface area contributed by atoms with Crippen LogP contribution in [0.25, 0.3) is 0 Å². The molecule has 0 bridgehead atoms. The molecule has 0 amide bonds. The average Bonchev–Trinajstić information content (AvgIpc) is 2.74. The second kappa shape index (κ2) is 10.3. The Morgan fingerprint density at radius 3 is 2.16 bits per heavy atom. The van der Waals surface area contributed by atoms with Crippen molar-refractivity contribution in [3.8, 4) is 5.75 Å². The minimum atomic E-state index is -4.44. The van der Waals surface area contributed by atoms with E-state index in [1.807, 2.05) is 36.4 Å². The van der Waals surface area contributed by atoms with Crippen molar-refractivity contribution in [2.24, 2.45) is 0 Å². The van der Waals surface area contributed by atoms with Crippen LogP contribution in [0.2, 0.25) is 0 Å². The van der Waals surface area contributed by atoms with Gasteiger partial charge in [0.25, 0.3) is 0 Å². The zero-order valence-electron chi connectivity index (χ0n) is 17.6. The molecule has 2 atom stereocenters. The molecule has 0 saturated carbocycles. The molecular weight excluding hydrogens is 432 g/mol. The van der Waals surface area contributed by atoms with Crippen LogP contribution < -0.4 is 0 Å². The summed E-state index contributed by atoms with van der Waals surface area (Å²) in [5, 5.41) is 9.52. The van der Waals surface area contributed by atoms with E-state index < -0.39 is 10.4 Å². The summed E-state index contributed by atoms with van der Waals surface area (Å²) in [5.74, 6) is 1.51. The summed E-state index contributed by atoms with van der Waals surface area (Å²) in [6.07, 6.45) is 3.11. The second-order valence-electron chi connectivity index (χ2n) is 7.58. The van der Waals surface area contributed by atoms with Gasteiger partial charge in [-0.3, -0.25) is 4.55 Å². The van der Waals surface area contributed by atoms with Crippen LogP contribution in [-0.4, -0.2) is 24.3 Å². The largest absolute Gasteiger partial charge is 0.508 e. The summed E-state index contributed by atoms with van der Waals surface area (Å²) >= 11 is 0. The van der Waals surface area contributed by atoms with E-state index in [9.17, 15) is 13.5 Å². The number of phenolic OH excluding ortho intramolecular Hbond substituents is 1. The molecule has 0 aliphatic heterocycles. The van der Waals surface area contributed by atoms with Gasteiger partial charge >= 0.3 is 10.4 Å².